The van der Waals surface area contributed by atoms with Gasteiger partial charge in [-0.15, -0.1) is 0 Å². The Hall–Kier alpha value is -1.33. The zero-order valence-corrected chi connectivity index (χ0v) is 11.9. The van der Waals surface area contributed by atoms with Crippen LogP contribution in [-0.4, -0.2) is 29.1 Å². The zero-order chi connectivity index (χ0) is 15.4. The van der Waals surface area contributed by atoms with Gasteiger partial charge in [-0.25, -0.2) is 4.79 Å². The van der Waals surface area contributed by atoms with Crippen LogP contribution in [0.5, 0.6) is 0 Å². The number of esters is 1. The van der Waals surface area contributed by atoms with E-state index in [1.165, 1.54) is 0 Å². The molecule has 2 unspecified atom stereocenters. The first-order valence-corrected chi connectivity index (χ1v) is 7.35. The number of halogens is 2. The largest absolute Gasteiger partial charge is 0.455 e. The van der Waals surface area contributed by atoms with Crippen LogP contribution < -0.4 is 0 Å². The quantitative estimate of drug-likeness (QED) is 0.747. The highest BCUT2D eigenvalue weighted by Gasteiger charge is 2.58. The van der Waals surface area contributed by atoms with E-state index in [0.29, 0.717) is 19.3 Å². The first kappa shape index (κ1) is 14.6. The van der Waals surface area contributed by atoms with Crippen LogP contribution in [0.4, 0.5) is 8.78 Å². The molecule has 4 rings (SSSR count). The van der Waals surface area contributed by atoms with Gasteiger partial charge in [0.05, 0.1) is 6.42 Å². The van der Waals surface area contributed by atoms with Crippen molar-refractivity contribution in [1.82, 2.24) is 0 Å². The maximum absolute atomic E-state index is 13.7. The van der Waals surface area contributed by atoms with Crippen molar-refractivity contribution in [2.75, 3.05) is 0 Å². The third-order valence-electron chi connectivity index (χ3n) is 5.02. The summed E-state index contributed by atoms with van der Waals surface area (Å²) in [6.45, 7) is 1.02. The van der Waals surface area contributed by atoms with E-state index < -0.39 is 29.7 Å². The van der Waals surface area contributed by atoms with E-state index in [1.807, 2.05) is 0 Å². The van der Waals surface area contributed by atoms with Crippen molar-refractivity contribution in [2.24, 2.45) is 17.8 Å². The van der Waals surface area contributed by atoms with Crippen LogP contribution in [0.25, 0.3) is 0 Å². The molecule has 4 saturated carbocycles. The van der Waals surface area contributed by atoms with Gasteiger partial charge in [0.2, 0.25) is 0 Å². The molecule has 0 N–H and O–H groups in total. The highest BCUT2D eigenvalue weighted by atomic mass is 19.3. The second kappa shape index (κ2) is 4.58. The van der Waals surface area contributed by atoms with Gasteiger partial charge in [-0.3, -0.25) is 9.59 Å². The summed E-state index contributed by atoms with van der Waals surface area (Å²) in [7, 11) is 0. The summed E-state index contributed by atoms with van der Waals surface area (Å²) in [5.41, 5.74) is -0.915. The topological polar surface area (TPSA) is 60.4 Å². The van der Waals surface area contributed by atoms with Gasteiger partial charge in [-0.05, 0) is 44.9 Å². The lowest BCUT2D eigenvalue weighted by atomic mass is 9.53. The van der Waals surface area contributed by atoms with Gasteiger partial charge in [0.15, 0.2) is 0 Å². The number of alkyl halides is 2. The van der Waals surface area contributed by atoms with Crippen molar-refractivity contribution < 1.29 is 27.9 Å². The molecule has 21 heavy (non-hydrogen) atoms. The highest BCUT2D eigenvalue weighted by molar-refractivity contribution is 5.88. The third-order valence-corrected chi connectivity index (χ3v) is 5.02. The average Bonchev–Trinajstić information content (AvgIpc) is 2.32. The monoisotopic (exact) mass is 300 g/mol. The second-order valence-corrected chi connectivity index (χ2v) is 6.90. The Labute approximate surface area is 121 Å². The molecule has 0 aromatic carbocycles. The third kappa shape index (κ3) is 2.49. The lowest BCUT2D eigenvalue weighted by molar-refractivity contribution is -0.209. The molecule has 0 saturated heterocycles. The molecular formula is C15H18F2O4. The molecule has 0 amide bonds. The molecular weight excluding hydrogens is 282 g/mol. The van der Waals surface area contributed by atoms with Crippen LogP contribution >= 0.6 is 0 Å². The molecule has 0 heterocycles. The van der Waals surface area contributed by atoms with E-state index >= 15 is 0 Å². The van der Waals surface area contributed by atoms with Crippen LogP contribution in [0, 0.1) is 17.8 Å². The fourth-order valence-corrected chi connectivity index (χ4v) is 4.46. The van der Waals surface area contributed by atoms with E-state index in [4.69, 9.17) is 4.74 Å². The molecule has 0 aromatic rings. The van der Waals surface area contributed by atoms with Crippen molar-refractivity contribution >= 4 is 17.5 Å². The molecule has 4 fully saturated rings. The number of carbonyl (C=O) groups is 3. The van der Waals surface area contributed by atoms with E-state index in [2.05, 4.69) is 0 Å². The number of ketones is 2. The summed E-state index contributed by atoms with van der Waals surface area (Å²) in [6, 6.07) is 0. The Morgan fingerprint density at radius 3 is 2.33 bits per heavy atom. The molecule has 0 aliphatic heterocycles. The molecule has 0 radical (unpaired) electrons. The van der Waals surface area contributed by atoms with Crippen LogP contribution in [0.2, 0.25) is 0 Å². The molecule has 0 spiro atoms. The number of Topliss-reactive ketones (excluding diaryl/α,β-unsaturated/α-hetero) is 2. The van der Waals surface area contributed by atoms with Crippen molar-refractivity contribution in [3.8, 4) is 0 Å². The first-order chi connectivity index (χ1) is 9.71. The zero-order valence-electron chi connectivity index (χ0n) is 11.9. The Morgan fingerprint density at radius 2 is 1.81 bits per heavy atom. The Bertz CT molecular complexity index is 496. The second-order valence-electron chi connectivity index (χ2n) is 6.90. The molecule has 4 aliphatic rings. The molecule has 116 valence electrons. The molecule has 4 aliphatic carbocycles. The van der Waals surface area contributed by atoms with Crippen molar-refractivity contribution in [3.05, 3.63) is 0 Å². The summed E-state index contributed by atoms with van der Waals surface area (Å²) >= 11 is 0. The van der Waals surface area contributed by atoms with Gasteiger partial charge in [-0.1, -0.05) is 0 Å². The van der Waals surface area contributed by atoms with Crippen LogP contribution in [-0.2, 0) is 19.1 Å². The number of ether oxygens (including phenoxy) is 1. The minimum Gasteiger partial charge on any atom is -0.455 e. The smallest absolute Gasteiger partial charge is 0.378 e. The summed E-state index contributed by atoms with van der Waals surface area (Å²) < 4.78 is 32.5. The van der Waals surface area contributed by atoms with Crippen molar-refractivity contribution in [3.63, 3.8) is 0 Å². The normalized spacial score (nSPS) is 37.7. The van der Waals surface area contributed by atoms with Crippen LogP contribution in [0.3, 0.4) is 0 Å². The number of hydrogen-bond donors (Lipinski definition) is 0. The summed E-state index contributed by atoms with van der Waals surface area (Å²) in [6.07, 6.45) is 1.74. The fourth-order valence-electron chi connectivity index (χ4n) is 4.46. The summed E-state index contributed by atoms with van der Waals surface area (Å²) in [5.74, 6) is -5.96. The van der Waals surface area contributed by atoms with Crippen LogP contribution in [0.15, 0.2) is 0 Å². The predicted octanol–water partition coefficient (Wildman–Crippen LogP) is 2.29. The molecule has 4 bridgehead atoms. The van der Waals surface area contributed by atoms with E-state index in [0.717, 1.165) is 19.8 Å². The van der Waals surface area contributed by atoms with Crippen molar-refractivity contribution in [2.45, 2.75) is 57.0 Å². The Balaban J connectivity index is 1.74. The minimum atomic E-state index is -3.78. The van der Waals surface area contributed by atoms with Gasteiger partial charge in [0.25, 0.3) is 0 Å². The van der Waals surface area contributed by atoms with Crippen LogP contribution in [0.1, 0.15) is 45.4 Å². The Morgan fingerprint density at radius 1 is 1.24 bits per heavy atom. The molecule has 4 nitrogen and oxygen atoms in total. The Kier molecular flexibility index (Phi) is 3.19. The SMILES string of the molecule is CC(=O)CC(F)(F)C(=O)OC12CC3CC(C1)C(=O)C(C3)C2. The average molecular weight is 300 g/mol. The fraction of sp³-hybridized carbons (Fsp3) is 0.800. The number of hydrogen-bond acceptors (Lipinski definition) is 4. The minimum absolute atomic E-state index is 0.148. The number of carbonyl (C=O) groups excluding carboxylic acids is 3. The standard InChI is InChI=1S/C15H18F2O4/c1-8(18)4-15(16,17)13(20)21-14-5-9-2-10(6-14)12(19)11(3-9)7-14/h9-11H,2-7H2,1H3. The van der Waals surface area contributed by atoms with Gasteiger partial charge in [0.1, 0.15) is 17.2 Å². The van der Waals surface area contributed by atoms with E-state index in [9.17, 15) is 23.2 Å². The number of rotatable bonds is 4. The van der Waals surface area contributed by atoms with Gasteiger partial charge in [0, 0.05) is 11.8 Å². The first-order valence-electron chi connectivity index (χ1n) is 7.35. The highest BCUT2D eigenvalue weighted by Crippen LogP contribution is 2.55. The maximum atomic E-state index is 13.7. The van der Waals surface area contributed by atoms with Gasteiger partial charge >= 0.3 is 11.9 Å². The molecule has 6 heteroatoms. The molecule has 0 aromatic heterocycles. The van der Waals surface area contributed by atoms with Crippen molar-refractivity contribution in [1.29, 1.82) is 0 Å². The molecule has 2 atom stereocenters. The predicted molar refractivity (Wildman–Crippen MR) is 67.6 cm³/mol. The van der Waals surface area contributed by atoms with E-state index in [-0.39, 0.29) is 23.5 Å². The summed E-state index contributed by atoms with van der Waals surface area (Å²) in [5, 5.41) is 0. The van der Waals surface area contributed by atoms with Gasteiger partial charge < -0.3 is 4.74 Å². The summed E-state index contributed by atoms with van der Waals surface area (Å²) in [4.78, 5) is 34.6. The lowest BCUT2D eigenvalue weighted by Crippen LogP contribution is -2.58. The lowest BCUT2D eigenvalue weighted by Gasteiger charge is -2.54. The maximum Gasteiger partial charge on any atom is 0.378 e. The van der Waals surface area contributed by atoms with E-state index in [1.54, 1.807) is 0 Å². The van der Waals surface area contributed by atoms with Gasteiger partial charge in [-0.2, -0.15) is 8.78 Å².